The van der Waals surface area contributed by atoms with Gasteiger partial charge in [-0.2, -0.15) is 0 Å². The van der Waals surface area contributed by atoms with Gasteiger partial charge in [-0.25, -0.2) is 0 Å². The van der Waals surface area contributed by atoms with E-state index in [1.54, 1.807) is 0 Å². The Labute approximate surface area is 114 Å². The molecule has 1 heterocycles. The fraction of sp³-hybridized carbons (Fsp3) is 0.133. The number of benzene rings is 2. The molecule has 1 aliphatic heterocycles. The molecule has 0 saturated carbocycles. The number of esters is 1. The Kier molecular flexibility index (Phi) is 2.71. The van der Waals surface area contributed by atoms with Crippen molar-refractivity contribution in [2.45, 2.75) is 5.41 Å². The molecule has 0 aromatic heterocycles. The van der Waals surface area contributed by atoms with Gasteiger partial charge in [0.15, 0.2) is 0 Å². The summed E-state index contributed by atoms with van der Waals surface area (Å²) in [5.41, 5.74) is 1.16. The van der Waals surface area contributed by atoms with Crippen molar-refractivity contribution < 1.29 is 9.53 Å². The first-order chi connectivity index (χ1) is 8.79. The Balaban J connectivity index is 2.27. The Morgan fingerprint density at radius 1 is 1.00 bits per heavy atom. The zero-order valence-electron chi connectivity index (χ0n) is 9.60. The van der Waals surface area contributed by atoms with Gasteiger partial charge in [0, 0.05) is 10.9 Å². The minimum Gasteiger partial charge on any atom is -0.425 e. The monoisotopic (exact) mass is 302 g/mol. The van der Waals surface area contributed by atoms with Crippen molar-refractivity contribution in [1.29, 1.82) is 0 Å². The number of alkyl halides is 1. The van der Waals surface area contributed by atoms with Gasteiger partial charge in [0.25, 0.3) is 0 Å². The van der Waals surface area contributed by atoms with Crippen LogP contribution in [0.1, 0.15) is 11.1 Å². The molecular weight excluding hydrogens is 292 g/mol. The molecule has 1 aliphatic rings. The smallest absolute Gasteiger partial charge is 0.327 e. The highest BCUT2D eigenvalue weighted by Crippen LogP contribution is 2.45. The summed E-state index contributed by atoms with van der Waals surface area (Å²) in [6.45, 7) is 0. The minimum absolute atomic E-state index is 0.216. The van der Waals surface area contributed by atoms with Crippen LogP contribution in [0.5, 0.6) is 5.75 Å². The maximum atomic E-state index is 12.3. The van der Waals surface area contributed by atoms with Gasteiger partial charge in [0.05, 0.1) is 0 Å². The maximum Gasteiger partial charge on any atom is 0.327 e. The molecule has 3 heteroatoms. The molecule has 0 spiro atoms. The summed E-state index contributed by atoms with van der Waals surface area (Å²) in [6.07, 6.45) is 0. The lowest BCUT2D eigenvalue weighted by molar-refractivity contribution is -0.136. The third kappa shape index (κ3) is 1.44. The first-order valence-corrected chi connectivity index (χ1v) is 6.84. The van der Waals surface area contributed by atoms with Gasteiger partial charge in [0.1, 0.15) is 11.2 Å². The number of hydrogen-bond donors (Lipinski definition) is 0. The van der Waals surface area contributed by atoms with Crippen LogP contribution in [0.2, 0.25) is 0 Å². The fourth-order valence-electron chi connectivity index (χ4n) is 2.40. The largest absolute Gasteiger partial charge is 0.425 e. The molecule has 3 rings (SSSR count). The quantitative estimate of drug-likeness (QED) is 0.483. The van der Waals surface area contributed by atoms with Crippen molar-refractivity contribution in [2.24, 2.45) is 0 Å². The van der Waals surface area contributed by atoms with Crippen LogP contribution in [0.4, 0.5) is 0 Å². The predicted octanol–water partition coefficient (Wildman–Crippen LogP) is 3.29. The SMILES string of the molecule is O=C1Oc2ccccc2C1(CBr)c1ccccc1. The highest BCUT2D eigenvalue weighted by molar-refractivity contribution is 9.09. The summed E-state index contributed by atoms with van der Waals surface area (Å²) in [6, 6.07) is 17.3. The van der Waals surface area contributed by atoms with Crippen LogP contribution in [0.3, 0.4) is 0 Å². The van der Waals surface area contributed by atoms with Crippen molar-refractivity contribution >= 4 is 21.9 Å². The van der Waals surface area contributed by atoms with E-state index < -0.39 is 5.41 Å². The number of hydrogen-bond acceptors (Lipinski definition) is 2. The molecule has 0 N–H and O–H groups in total. The minimum atomic E-state index is -0.724. The molecular formula is C15H11BrO2. The fourth-order valence-corrected chi connectivity index (χ4v) is 3.26. The van der Waals surface area contributed by atoms with E-state index in [0.717, 1.165) is 11.1 Å². The van der Waals surface area contributed by atoms with E-state index in [1.807, 2.05) is 54.6 Å². The molecule has 90 valence electrons. The number of fused-ring (bicyclic) bond motifs is 1. The van der Waals surface area contributed by atoms with Crippen LogP contribution >= 0.6 is 15.9 Å². The molecule has 0 aliphatic carbocycles. The first-order valence-electron chi connectivity index (χ1n) is 5.72. The lowest BCUT2D eigenvalue weighted by atomic mass is 9.77. The number of ether oxygens (including phenoxy) is 1. The molecule has 2 nitrogen and oxygen atoms in total. The van der Waals surface area contributed by atoms with Crippen molar-refractivity contribution in [3.8, 4) is 5.75 Å². The number of carbonyl (C=O) groups excluding carboxylic acids is 1. The molecule has 1 atom stereocenters. The highest BCUT2D eigenvalue weighted by Gasteiger charge is 2.49. The van der Waals surface area contributed by atoms with Crippen LogP contribution in [0.25, 0.3) is 0 Å². The van der Waals surface area contributed by atoms with Crippen molar-refractivity contribution in [2.75, 3.05) is 5.33 Å². The van der Waals surface area contributed by atoms with E-state index in [2.05, 4.69) is 15.9 Å². The van der Waals surface area contributed by atoms with Gasteiger partial charge >= 0.3 is 5.97 Å². The summed E-state index contributed by atoms with van der Waals surface area (Å²) >= 11 is 3.48. The lowest BCUT2D eigenvalue weighted by Crippen LogP contribution is -2.36. The van der Waals surface area contributed by atoms with E-state index >= 15 is 0 Å². The van der Waals surface area contributed by atoms with Crippen LogP contribution in [-0.2, 0) is 10.2 Å². The molecule has 0 radical (unpaired) electrons. The molecule has 1 unspecified atom stereocenters. The summed E-state index contributed by atoms with van der Waals surface area (Å²) in [7, 11) is 0. The van der Waals surface area contributed by atoms with E-state index in [4.69, 9.17) is 4.74 Å². The molecule has 0 saturated heterocycles. The Bertz CT molecular complexity index is 594. The van der Waals surface area contributed by atoms with E-state index in [-0.39, 0.29) is 5.97 Å². The standard InChI is InChI=1S/C15H11BrO2/c16-10-15(11-6-2-1-3-7-11)12-8-4-5-9-13(12)18-14(15)17/h1-9H,10H2. The van der Waals surface area contributed by atoms with Crippen LogP contribution in [0, 0.1) is 0 Å². The summed E-state index contributed by atoms with van der Waals surface area (Å²) in [5.74, 6) is 0.442. The second kappa shape index (κ2) is 4.25. The van der Waals surface area contributed by atoms with E-state index in [0.29, 0.717) is 11.1 Å². The molecule has 0 bridgehead atoms. The number of rotatable bonds is 2. The number of para-hydroxylation sites is 1. The second-order valence-electron chi connectivity index (χ2n) is 4.29. The maximum absolute atomic E-state index is 12.3. The van der Waals surface area contributed by atoms with E-state index in [1.165, 1.54) is 0 Å². The Morgan fingerprint density at radius 3 is 2.39 bits per heavy atom. The second-order valence-corrected chi connectivity index (χ2v) is 4.85. The number of halogens is 1. The highest BCUT2D eigenvalue weighted by atomic mass is 79.9. The third-order valence-corrected chi connectivity index (χ3v) is 4.21. The average molecular weight is 303 g/mol. The summed E-state index contributed by atoms with van der Waals surface area (Å²) in [4.78, 5) is 12.3. The topological polar surface area (TPSA) is 26.3 Å². The predicted molar refractivity (Wildman–Crippen MR) is 73.1 cm³/mol. The van der Waals surface area contributed by atoms with Crippen LogP contribution in [-0.4, -0.2) is 11.3 Å². The van der Waals surface area contributed by atoms with Gasteiger partial charge in [-0.05, 0) is 11.6 Å². The zero-order chi connectivity index (χ0) is 12.6. The molecule has 2 aromatic rings. The average Bonchev–Trinajstić information content (AvgIpc) is 2.72. The number of carbonyl (C=O) groups is 1. The van der Waals surface area contributed by atoms with Gasteiger partial charge in [0.2, 0.25) is 0 Å². The Hall–Kier alpha value is -1.61. The van der Waals surface area contributed by atoms with Crippen molar-refractivity contribution in [3.05, 3.63) is 65.7 Å². The van der Waals surface area contributed by atoms with Gasteiger partial charge < -0.3 is 4.74 Å². The van der Waals surface area contributed by atoms with Crippen molar-refractivity contribution in [3.63, 3.8) is 0 Å². The molecule has 18 heavy (non-hydrogen) atoms. The molecule has 2 aromatic carbocycles. The van der Waals surface area contributed by atoms with E-state index in [9.17, 15) is 4.79 Å². The van der Waals surface area contributed by atoms with Crippen LogP contribution in [0.15, 0.2) is 54.6 Å². The Morgan fingerprint density at radius 2 is 1.67 bits per heavy atom. The summed E-state index contributed by atoms with van der Waals surface area (Å²) < 4.78 is 5.40. The lowest BCUT2D eigenvalue weighted by Gasteiger charge is -2.23. The first kappa shape index (κ1) is 11.5. The molecule has 0 fully saturated rings. The van der Waals surface area contributed by atoms with Gasteiger partial charge in [-0.15, -0.1) is 0 Å². The van der Waals surface area contributed by atoms with Gasteiger partial charge in [-0.3, -0.25) is 4.79 Å². The van der Waals surface area contributed by atoms with Crippen molar-refractivity contribution in [1.82, 2.24) is 0 Å². The van der Waals surface area contributed by atoms with Crippen LogP contribution < -0.4 is 4.74 Å². The third-order valence-electron chi connectivity index (χ3n) is 3.36. The zero-order valence-corrected chi connectivity index (χ0v) is 11.2. The normalized spacial score (nSPS) is 21.5. The molecule has 0 amide bonds. The summed E-state index contributed by atoms with van der Waals surface area (Å²) in [5, 5.41) is 0.514. The van der Waals surface area contributed by atoms with Gasteiger partial charge in [-0.1, -0.05) is 64.5 Å².